The Morgan fingerprint density at radius 3 is 2.67 bits per heavy atom. The molecule has 0 radical (unpaired) electrons. The number of pyridine rings is 1. The van der Waals surface area contributed by atoms with Gasteiger partial charge in [-0.1, -0.05) is 0 Å². The largest absolute Gasteiger partial charge is 0.478 e. The fourth-order valence-electron chi connectivity index (χ4n) is 2.15. The smallest absolute Gasteiger partial charge is 0.433 e. The zero-order valence-corrected chi connectivity index (χ0v) is 11.5. The number of hydrogen-bond acceptors (Lipinski definition) is 4. The van der Waals surface area contributed by atoms with E-state index in [0.29, 0.717) is 19.1 Å². The van der Waals surface area contributed by atoms with Gasteiger partial charge >= 0.3 is 12.1 Å². The Morgan fingerprint density at radius 2 is 2.19 bits per heavy atom. The minimum Gasteiger partial charge on any atom is -0.478 e. The van der Waals surface area contributed by atoms with Crippen LogP contribution in [0.2, 0.25) is 0 Å². The number of nitrogens with one attached hydrogen (secondary N) is 1. The summed E-state index contributed by atoms with van der Waals surface area (Å²) < 4.78 is 43.6. The molecule has 2 rings (SSSR count). The van der Waals surface area contributed by atoms with Crippen LogP contribution in [-0.4, -0.2) is 34.3 Å². The molecule has 0 bridgehead atoms. The highest BCUT2D eigenvalue weighted by molar-refractivity contribution is 5.93. The molecule has 0 amide bonds. The zero-order valence-electron chi connectivity index (χ0n) is 11.5. The summed E-state index contributed by atoms with van der Waals surface area (Å²) in [7, 11) is 0. The first kappa shape index (κ1) is 15.6. The highest BCUT2D eigenvalue weighted by Gasteiger charge is 2.39. The zero-order chi connectivity index (χ0) is 15.8. The molecule has 8 heteroatoms. The molecule has 21 heavy (non-hydrogen) atoms. The van der Waals surface area contributed by atoms with Crippen molar-refractivity contribution in [2.45, 2.75) is 38.1 Å². The molecule has 0 saturated carbocycles. The SMILES string of the molecule is CC1OCCC1(C)Nc1nc(C(F)(F)F)ccc1C(=O)O. The van der Waals surface area contributed by atoms with Gasteiger partial charge in [0.05, 0.1) is 11.6 Å². The lowest BCUT2D eigenvalue weighted by Crippen LogP contribution is -2.42. The van der Waals surface area contributed by atoms with Gasteiger partial charge in [0.15, 0.2) is 0 Å². The van der Waals surface area contributed by atoms with Crippen LogP contribution in [0.3, 0.4) is 0 Å². The van der Waals surface area contributed by atoms with Crippen molar-refractivity contribution in [1.29, 1.82) is 0 Å². The third-order valence-electron chi connectivity index (χ3n) is 3.71. The van der Waals surface area contributed by atoms with Crippen molar-refractivity contribution < 1.29 is 27.8 Å². The van der Waals surface area contributed by atoms with E-state index in [2.05, 4.69) is 10.3 Å². The van der Waals surface area contributed by atoms with Crippen LogP contribution in [-0.2, 0) is 10.9 Å². The van der Waals surface area contributed by atoms with E-state index >= 15 is 0 Å². The number of aromatic carboxylic acids is 1. The Morgan fingerprint density at radius 1 is 1.52 bits per heavy atom. The molecule has 0 spiro atoms. The molecule has 1 aromatic rings. The van der Waals surface area contributed by atoms with E-state index in [1.54, 1.807) is 13.8 Å². The summed E-state index contributed by atoms with van der Waals surface area (Å²) in [6, 6.07) is 1.57. The summed E-state index contributed by atoms with van der Waals surface area (Å²) in [6.45, 7) is 3.98. The molecule has 5 nitrogen and oxygen atoms in total. The molecule has 116 valence electrons. The molecule has 1 aliphatic heterocycles. The first-order valence-corrected chi connectivity index (χ1v) is 6.35. The van der Waals surface area contributed by atoms with E-state index in [1.165, 1.54) is 0 Å². The van der Waals surface area contributed by atoms with E-state index in [9.17, 15) is 18.0 Å². The van der Waals surface area contributed by atoms with Crippen LogP contribution in [0.25, 0.3) is 0 Å². The second-order valence-corrected chi connectivity index (χ2v) is 5.20. The minimum atomic E-state index is -4.63. The highest BCUT2D eigenvalue weighted by Crippen LogP contribution is 2.33. The Bertz CT molecular complexity index is 562. The summed E-state index contributed by atoms with van der Waals surface area (Å²) >= 11 is 0. The van der Waals surface area contributed by atoms with Crippen LogP contribution in [0.5, 0.6) is 0 Å². The normalized spacial score (nSPS) is 25.9. The van der Waals surface area contributed by atoms with Gasteiger partial charge in [0, 0.05) is 6.61 Å². The van der Waals surface area contributed by atoms with Gasteiger partial charge in [0.1, 0.15) is 17.1 Å². The number of aromatic nitrogens is 1. The van der Waals surface area contributed by atoms with Crippen molar-refractivity contribution in [3.8, 4) is 0 Å². The van der Waals surface area contributed by atoms with E-state index in [4.69, 9.17) is 9.84 Å². The molecular weight excluding hydrogens is 289 g/mol. The maximum absolute atomic E-state index is 12.7. The minimum absolute atomic E-state index is 0.268. The summed E-state index contributed by atoms with van der Waals surface area (Å²) in [5.41, 5.74) is -2.10. The second-order valence-electron chi connectivity index (χ2n) is 5.20. The third-order valence-corrected chi connectivity index (χ3v) is 3.71. The van der Waals surface area contributed by atoms with Gasteiger partial charge in [-0.25, -0.2) is 9.78 Å². The Hall–Kier alpha value is -1.83. The first-order chi connectivity index (χ1) is 9.63. The molecule has 2 heterocycles. The Kier molecular flexibility index (Phi) is 3.83. The number of carboxylic acid groups (broad SMARTS) is 1. The van der Waals surface area contributed by atoms with Gasteiger partial charge in [-0.05, 0) is 32.4 Å². The molecule has 0 aliphatic carbocycles. The molecule has 2 unspecified atom stereocenters. The number of ether oxygens (including phenoxy) is 1. The van der Waals surface area contributed by atoms with Gasteiger partial charge in [0.25, 0.3) is 0 Å². The lowest BCUT2D eigenvalue weighted by molar-refractivity contribution is -0.141. The van der Waals surface area contributed by atoms with Crippen molar-refractivity contribution in [2.24, 2.45) is 0 Å². The van der Waals surface area contributed by atoms with Crippen LogP contribution in [0.1, 0.15) is 36.3 Å². The molecule has 2 atom stereocenters. The van der Waals surface area contributed by atoms with Gasteiger partial charge in [-0.15, -0.1) is 0 Å². The van der Waals surface area contributed by atoms with Gasteiger partial charge < -0.3 is 15.2 Å². The fourth-order valence-corrected chi connectivity index (χ4v) is 2.15. The number of rotatable bonds is 3. The van der Waals surface area contributed by atoms with E-state index in [0.717, 1.165) is 6.07 Å². The molecule has 1 aromatic heterocycles. The Labute approximate surface area is 119 Å². The average molecular weight is 304 g/mol. The number of hydrogen-bond donors (Lipinski definition) is 2. The fraction of sp³-hybridized carbons (Fsp3) is 0.538. The predicted octanol–water partition coefficient (Wildman–Crippen LogP) is 2.78. The van der Waals surface area contributed by atoms with E-state index in [-0.39, 0.29) is 17.5 Å². The number of nitrogens with zero attached hydrogens (tertiary/aromatic N) is 1. The highest BCUT2D eigenvalue weighted by atomic mass is 19.4. The summed E-state index contributed by atoms with van der Waals surface area (Å²) in [6.07, 6.45) is -4.35. The number of halogens is 3. The summed E-state index contributed by atoms with van der Waals surface area (Å²) in [5.74, 6) is -1.63. The average Bonchev–Trinajstić information content (AvgIpc) is 2.67. The number of carboxylic acids is 1. The van der Waals surface area contributed by atoms with Crippen LogP contribution in [0.15, 0.2) is 12.1 Å². The number of alkyl halides is 3. The van der Waals surface area contributed by atoms with E-state index in [1.807, 2.05) is 0 Å². The molecular formula is C13H15F3N2O3. The monoisotopic (exact) mass is 304 g/mol. The van der Waals surface area contributed by atoms with Crippen molar-refractivity contribution in [1.82, 2.24) is 4.98 Å². The van der Waals surface area contributed by atoms with Gasteiger partial charge in [0.2, 0.25) is 0 Å². The molecule has 1 saturated heterocycles. The summed E-state index contributed by atoms with van der Waals surface area (Å²) in [4.78, 5) is 14.6. The standard InChI is InChI=1S/C13H15F3N2O3/c1-7-12(2,5-6-21-7)18-10-8(11(19)20)3-4-9(17-10)13(14,15)16/h3-4,7H,5-6H2,1-2H3,(H,17,18)(H,19,20). The number of anilines is 1. The lowest BCUT2D eigenvalue weighted by Gasteiger charge is -2.30. The third kappa shape index (κ3) is 3.10. The van der Waals surface area contributed by atoms with Crippen molar-refractivity contribution in [3.63, 3.8) is 0 Å². The number of carbonyl (C=O) groups is 1. The maximum Gasteiger partial charge on any atom is 0.433 e. The molecule has 1 aliphatic rings. The van der Waals surface area contributed by atoms with Crippen molar-refractivity contribution in [3.05, 3.63) is 23.4 Å². The summed E-state index contributed by atoms with van der Waals surface area (Å²) in [5, 5.41) is 11.9. The van der Waals surface area contributed by atoms with Crippen LogP contribution >= 0.6 is 0 Å². The van der Waals surface area contributed by atoms with Crippen LogP contribution in [0, 0.1) is 0 Å². The molecule has 0 aromatic carbocycles. The van der Waals surface area contributed by atoms with E-state index < -0.39 is 23.4 Å². The van der Waals surface area contributed by atoms with Crippen LogP contribution in [0.4, 0.5) is 19.0 Å². The predicted molar refractivity (Wildman–Crippen MR) is 68.3 cm³/mol. The van der Waals surface area contributed by atoms with Crippen molar-refractivity contribution >= 4 is 11.8 Å². The maximum atomic E-state index is 12.7. The van der Waals surface area contributed by atoms with Crippen LogP contribution < -0.4 is 5.32 Å². The molecule has 1 fully saturated rings. The first-order valence-electron chi connectivity index (χ1n) is 6.35. The van der Waals surface area contributed by atoms with Gasteiger partial charge in [-0.3, -0.25) is 0 Å². The quantitative estimate of drug-likeness (QED) is 0.898. The Balaban J connectivity index is 2.42. The second kappa shape index (κ2) is 5.18. The van der Waals surface area contributed by atoms with Gasteiger partial charge in [-0.2, -0.15) is 13.2 Å². The lowest BCUT2D eigenvalue weighted by atomic mass is 9.94. The molecule has 2 N–H and O–H groups in total. The van der Waals surface area contributed by atoms with Crippen molar-refractivity contribution in [2.75, 3.05) is 11.9 Å². The topological polar surface area (TPSA) is 71.5 Å².